The van der Waals surface area contributed by atoms with Crippen molar-refractivity contribution >= 4 is 23.5 Å². The second-order valence-electron chi connectivity index (χ2n) is 4.33. The highest BCUT2D eigenvalue weighted by Crippen LogP contribution is 2.19. The lowest BCUT2D eigenvalue weighted by molar-refractivity contribution is -0.115. The van der Waals surface area contributed by atoms with Gasteiger partial charge in [-0.05, 0) is 19.1 Å². The van der Waals surface area contributed by atoms with Crippen LogP contribution in [0.2, 0.25) is 0 Å². The summed E-state index contributed by atoms with van der Waals surface area (Å²) in [5, 5.41) is 6.88. The fourth-order valence-corrected chi connectivity index (χ4v) is 2.43. The number of rotatable bonds is 5. The van der Waals surface area contributed by atoms with Gasteiger partial charge in [0.2, 0.25) is 5.91 Å². The topological polar surface area (TPSA) is 46.9 Å². The number of aryl methyl sites for hydroxylation is 2. The van der Waals surface area contributed by atoms with Gasteiger partial charge in [0.05, 0.1) is 0 Å². The van der Waals surface area contributed by atoms with Crippen molar-refractivity contribution in [2.24, 2.45) is 7.05 Å². The number of carbonyl (C=O) groups excluding carboxylic acids is 1. The zero-order valence-electron chi connectivity index (χ0n) is 11.1. The van der Waals surface area contributed by atoms with Crippen molar-refractivity contribution in [3.05, 3.63) is 42.1 Å². The summed E-state index contributed by atoms with van der Waals surface area (Å²) in [6.45, 7) is 2.06. The number of hydrogen-bond donors (Lipinski definition) is 1. The van der Waals surface area contributed by atoms with Gasteiger partial charge in [-0.3, -0.25) is 9.48 Å². The molecule has 19 heavy (non-hydrogen) atoms. The molecular formula is C14H17N3OS. The number of nitrogens with zero attached hydrogens (tertiary/aromatic N) is 2. The quantitative estimate of drug-likeness (QED) is 0.854. The molecule has 0 bridgehead atoms. The van der Waals surface area contributed by atoms with E-state index in [0.29, 0.717) is 12.2 Å². The Kier molecular flexibility index (Phi) is 4.63. The molecule has 0 saturated carbocycles. The molecule has 0 aliphatic heterocycles. The molecule has 1 amide bonds. The van der Waals surface area contributed by atoms with E-state index in [4.69, 9.17) is 0 Å². The SMILES string of the molecule is Cc1ccc(SCCC(=O)Nc2ccn(C)n2)cc1. The van der Waals surface area contributed by atoms with Crippen molar-refractivity contribution < 1.29 is 4.79 Å². The summed E-state index contributed by atoms with van der Waals surface area (Å²) in [6, 6.07) is 10.1. The van der Waals surface area contributed by atoms with Crippen molar-refractivity contribution in [1.82, 2.24) is 9.78 Å². The Morgan fingerprint density at radius 2 is 2.05 bits per heavy atom. The molecule has 1 N–H and O–H groups in total. The van der Waals surface area contributed by atoms with Crippen LogP contribution in [0.25, 0.3) is 0 Å². The van der Waals surface area contributed by atoms with E-state index < -0.39 is 0 Å². The average molecular weight is 275 g/mol. The molecule has 0 spiro atoms. The molecule has 0 fully saturated rings. The first-order chi connectivity index (χ1) is 9.13. The molecule has 0 aliphatic carbocycles. The maximum absolute atomic E-state index is 11.7. The highest BCUT2D eigenvalue weighted by atomic mass is 32.2. The summed E-state index contributed by atoms with van der Waals surface area (Å²) in [7, 11) is 1.82. The molecule has 0 saturated heterocycles. The minimum absolute atomic E-state index is 0.00156. The van der Waals surface area contributed by atoms with Crippen LogP contribution < -0.4 is 5.32 Å². The second kappa shape index (κ2) is 6.43. The van der Waals surface area contributed by atoms with Gasteiger partial charge in [0.1, 0.15) is 0 Å². The molecule has 1 aromatic carbocycles. The number of carbonyl (C=O) groups is 1. The van der Waals surface area contributed by atoms with E-state index in [0.717, 1.165) is 5.75 Å². The number of hydrogen-bond acceptors (Lipinski definition) is 3. The molecule has 0 aliphatic rings. The van der Waals surface area contributed by atoms with Crippen molar-refractivity contribution in [3.63, 3.8) is 0 Å². The average Bonchev–Trinajstić information content (AvgIpc) is 2.77. The third kappa shape index (κ3) is 4.44. The van der Waals surface area contributed by atoms with Gasteiger partial charge in [-0.25, -0.2) is 0 Å². The smallest absolute Gasteiger partial charge is 0.226 e. The Labute approximate surface area is 117 Å². The van der Waals surface area contributed by atoms with E-state index in [2.05, 4.69) is 41.6 Å². The van der Waals surface area contributed by atoms with E-state index in [1.54, 1.807) is 28.7 Å². The second-order valence-corrected chi connectivity index (χ2v) is 5.50. The van der Waals surface area contributed by atoms with Gasteiger partial charge in [0.25, 0.3) is 0 Å². The van der Waals surface area contributed by atoms with E-state index in [9.17, 15) is 4.79 Å². The Balaban J connectivity index is 1.73. The lowest BCUT2D eigenvalue weighted by atomic mass is 10.2. The van der Waals surface area contributed by atoms with Gasteiger partial charge in [-0.2, -0.15) is 5.10 Å². The number of thioether (sulfide) groups is 1. The van der Waals surface area contributed by atoms with Gasteiger partial charge < -0.3 is 5.32 Å². The van der Waals surface area contributed by atoms with Crippen LogP contribution >= 0.6 is 11.8 Å². The van der Waals surface area contributed by atoms with Gasteiger partial charge in [-0.15, -0.1) is 11.8 Å². The Bertz CT molecular complexity index is 548. The fourth-order valence-electron chi connectivity index (χ4n) is 1.58. The van der Waals surface area contributed by atoms with Crippen LogP contribution in [0.4, 0.5) is 5.82 Å². The number of anilines is 1. The van der Waals surface area contributed by atoms with Crippen LogP contribution in [0, 0.1) is 6.92 Å². The van der Waals surface area contributed by atoms with Crippen LogP contribution in [0.5, 0.6) is 0 Å². The predicted molar refractivity (Wildman–Crippen MR) is 78.4 cm³/mol. The number of amides is 1. The minimum Gasteiger partial charge on any atom is -0.309 e. The summed E-state index contributed by atoms with van der Waals surface area (Å²) in [5.74, 6) is 1.37. The number of aromatic nitrogens is 2. The first-order valence-electron chi connectivity index (χ1n) is 6.12. The molecule has 100 valence electrons. The predicted octanol–water partition coefficient (Wildman–Crippen LogP) is 2.85. The largest absolute Gasteiger partial charge is 0.309 e. The molecule has 1 heterocycles. The van der Waals surface area contributed by atoms with E-state index in [-0.39, 0.29) is 5.91 Å². The number of benzene rings is 1. The molecule has 0 radical (unpaired) electrons. The highest BCUT2D eigenvalue weighted by molar-refractivity contribution is 7.99. The lowest BCUT2D eigenvalue weighted by Crippen LogP contribution is -2.12. The van der Waals surface area contributed by atoms with E-state index in [1.807, 2.05) is 7.05 Å². The number of nitrogens with one attached hydrogen (secondary N) is 1. The maximum Gasteiger partial charge on any atom is 0.226 e. The van der Waals surface area contributed by atoms with Crippen LogP contribution in [-0.4, -0.2) is 21.4 Å². The first kappa shape index (κ1) is 13.7. The maximum atomic E-state index is 11.7. The summed E-state index contributed by atoms with van der Waals surface area (Å²) >= 11 is 1.69. The Morgan fingerprint density at radius 3 is 2.68 bits per heavy atom. The highest BCUT2D eigenvalue weighted by Gasteiger charge is 2.04. The molecule has 2 rings (SSSR count). The molecular weight excluding hydrogens is 258 g/mol. The molecule has 1 aromatic heterocycles. The first-order valence-corrected chi connectivity index (χ1v) is 7.11. The summed E-state index contributed by atoms with van der Waals surface area (Å²) < 4.78 is 1.66. The van der Waals surface area contributed by atoms with Crippen molar-refractivity contribution in [2.75, 3.05) is 11.1 Å². The van der Waals surface area contributed by atoms with Gasteiger partial charge in [0, 0.05) is 36.4 Å². The van der Waals surface area contributed by atoms with E-state index >= 15 is 0 Å². The Morgan fingerprint density at radius 1 is 1.32 bits per heavy atom. The van der Waals surface area contributed by atoms with Crippen LogP contribution in [0.3, 0.4) is 0 Å². The molecule has 0 atom stereocenters. The molecule has 5 heteroatoms. The molecule has 0 unspecified atom stereocenters. The normalized spacial score (nSPS) is 10.4. The van der Waals surface area contributed by atoms with Crippen molar-refractivity contribution in [2.45, 2.75) is 18.2 Å². The van der Waals surface area contributed by atoms with Gasteiger partial charge in [0.15, 0.2) is 5.82 Å². The van der Waals surface area contributed by atoms with Crippen LogP contribution in [0.15, 0.2) is 41.4 Å². The van der Waals surface area contributed by atoms with Gasteiger partial charge in [-0.1, -0.05) is 17.7 Å². The fraction of sp³-hybridized carbons (Fsp3) is 0.286. The van der Waals surface area contributed by atoms with Crippen molar-refractivity contribution in [1.29, 1.82) is 0 Å². The third-order valence-corrected chi connectivity index (χ3v) is 3.61. The Hall–Kier alpha value is -1.75. The van der Waals surface area contributed by atoms with Gasteiger partial charge >= 0.3 is 0 Å². The monoisotopic (exact) mass is 275 g/mol. The molecule has 4 nitrogen and oxygen atoms in total. The van der Waals surface area contributed by atoms with Crippen LogP contribution in [-0.2, 0) is 11.8 Å². The van der Waals surface area contributed by atoms with E-state index in [1.165, 1.54) is 10.5 Å². The molecule has 2 aromatic rings. The third-order valence-electron chi connectivity index (χ3n) is 2.60. The standard InChI is InChI=1S/C14H17N3OS/c1-11-3-5-12(6-4-11)19-10-8-14(18)15-13-7-9-17(2)16-13/h3-7,9H,8,10H2,1-2H3,(H,15,16,18). The zero-order valence-corrected chi connectivity index (χ0v) is 11.9. The summed E-state index contributed by atoms with van der Waals surface area (Å²) in [5.41, 5.74) is 1.25. The van der Waals surface area contributed by atoms with Crippen LogP contribution in [0.1, 0.15) is 12.0 Å². The minimum atomic E-state index is -0.00156. The van der Waals surface area contributed by atoms with Crippen molar-refractivity contribution in [3.8, 4) is 0 Å². The summed E-state index contributed by atoms with van der Waals surface area (Å²) in [4.78, 5) is 12.9. The zero-order chi connectivity index (χ0) is 13.7. The lowest BCUT2D eigenvalue weighted by Gasteiger charge is -2.03. The summed E-state index contributed by atoms with van der Waals surface area (Å²) in [6.07, 6.45) is 2.28.